The Kier molecular flexibility index (Phi) is 9.11. The molecule has 1 aliphatic rings. The molecule has 2 N–H and O–H groups in total. The molecule has 1 aromatic carbocycles. The van der Waals surface area contributed by atoms with Crippen molar-refractivity contribution in [1.29, 1.82) is 0 Å². The number of rotatable bonds is 8. The van der Waals surface area contributed by atoms with Gasteiger partial charge in [0.2, 0.25) is 0 Å². The van der Waals surface area contributed by atoms with Gasteiger partial charge in [-0.05, 0) is 50.1 Å². The van der Waals surface area contributed by atoms with Crippen LogP contribution in [0.3, 0.4) is 0 Å². The second-order valence-electron chi connectivity index (χ2n) is 6.42. The van der Waals surface area contributed by atoms with Gasteiger partial charge in [-0.1, -0.05) is 13.3 Å². The highest BCUT2D eigenvalue weighted by Gasteiger charge is 2.19. The van der Waals surface area contributed by atoms with Gasteiger partial charge in [0.25, 0.3) is 0 Å². The van der Waals surface area contributed by atoms with Crippen molar-refractivity contribution in [1.82, 2.24) is 15.5 Å². The first kappa shape index (κ1) is 20.0. The topological polar surface area (TPSA) is 39.7 Å². The number of aliphatic imine (C=N–C) groups is 1. The first-order chi connectivity index (χ1) is 12.2. The second kappa shape index (κ2) is 11.4. The van der Waals surface area contributed by atoms with Crippen LogP contribution in [-0.2, 0) is 0 Å². The minimum atomic E-state index is -0.187. The summed E-state index contributed by atoms with van der Waals surface area (Å²) in [6.07, 6.45) is 4.92. The van der Waals surface area contributed by atoms with E-state index in [2.05, 4.69) is 27.4 Å². The first-order valence-electron chi connectivity index (χ1n) is 9.29. The molecule has 1 heterocycles. The summed E-state index contributed by atoms with van der Waals surface area (Å²) in [4.78, 5) is 7.98. The summed E-state index contributed by atoms with van der Waals surface area (Å²) in [6, 6.07) is 7.15. The molecule has 0 atom stereocenters. The van der Waals surface area contributed by atoms with E-state index in [0.29, 0.717) is 6.04 Å². The summed E-state index contributed by atoms with van der Waals surface area (Å²) in [5, 5.41) is 6.92. The Morgan fingerprint density at radius 1 is 1.28 bits per heavy atom. The molecule has 0 saturated carbocycles. The van der Waals surface area contributed by atoms with Crippen LogP contribution >= 0.6 is 11.8 Å². The zero-order valence-electron chi connectivity index (χ0n) is 15.4. The number of halogens is 1. The number of piperidine rings is 1. The van der Waals surface area contributed by atoms with Crippen molar-refractivity contribution in [3.8, 4) is 0 Å². The Morgan fingerprint density at radius 2 is 2.00 bits per heavy atom. The lowest BCUT2D eigenvalue weighted by Gasteiger charge is -2.33. The molecule has 4 nitrogen and oxygen atoms in total. The molecule has 0 aliphatic carbocycles. The third-order valence-corrected chi connectivity index (χ3v) is 5.47. The molecule has 0 spiro atoms. The SMILES string of the molecule is CCCCN1CCC(NC(=NC)NCCSc2ccc(F)cc2)CC1. The van der Waals surface area contributed by atoms with Crippen molar-refractivity contribution in [2.24, 2.45) is 4.99 Å². The smallest absolute Gasteiger partial charge is 0.191 e. The van der Waals surface area contributed by atoms with E-state index in [1.807, 2.05) is 19.2 Å². The highest BCUT2D eigenvalue weighted by atomic mass is 32.2. The second-order valence-corrected chi connectivity index (χ2v) is 7.58. The lowest BCUT2D eigenvalue weighted by Crippen LogP contribution is -2.49. The number of likely N-dealkylation sites (tertiary alicyclic amines) is 1. The van der Waals surface area contributed by atoms with Crippen molar-refractivity contribution in [3.63, 3.8) is 0 Å². The molecule has 25 heavy (non-hydrogen) atoms. The number of nitrogens with one attached hydrogen (secondary N) is 2. The van der Waals surface area contributed by atoms with E-state index in [0.717, 1.165) is 23.2 Å². The first-order valence-corrected chi connectivity index (χ1v) is 10.3. The van der Waals surface area contributed by atoms with Crippen LogP contribution in [0.1, 0.15) is 32.6 Å². The van der Waals surface area contributed by atoms with Gasteiger partial charge in [-0.3, -0.25) is 4.99 Å². The molecular weight excluding hydrogens is 335 g/mol. The van der Waals surface area contributed by atoms with E-state index in [4.69, 9.17) is 0 Å². The molecule has 0 bridgehead atoms. The van der Waals surface area contributed by atoms with Crippen molar-refractivity contribution in [2.75, 3.05) is 39.0 Å². The van der Waals surface area contributed by atoms with Crippen LogP contribution in [0.4, 0.5) is 4.39 Å². The molecule has 0 unspecified atom stereocenters. The zero-order chi connectivity index (χ0) is 17.9. The maximum Gasteiger partial charge on any atom is 0.191 e. The van der Waals surface area contributed by atoms with Crippen LogP contribution in [-0.4, -0.2) is 55.9 Å². The van der Waals surface area contributed by atoms with Gasteiger partial charge in [0.1, 0.15) is 5.82 Å². The van der Waals surface area contributed by atoms with Crippen molar-refractivity contribution in [2.45, 2.75) is 43.5 Å². The summed E-state index contributed by atoms with van der Waals surface area (Å²) in [6.45, 7) is 6.66. The van der Waals surface area contributed by atoms with Crippen LogP contribution in [0.15, 0.2) is 34.2 Å². The number of thioether (sulfide) groups is 1. The van der Waals surface area contributed by atoms with E-state index in [9.17, 15) is 4.39 Å². The number of hydrogen-bond acceptors (Lipinski definition) is 3. The standard InChI is InChI=1S/C19H31FN4S/c1-3-4-12-24-13-9-17(10-14-24)23-19(21-2)22-11-15-25-18-7-5-16(20)6-8-18/h5-8,17H,3-4,9-15H2,1-2H3,(H2,21,22,23). The molecule has 0 aromatic heterocycles. The molecule has 140 valence electrons. The Labute approximate surface area is 155 Å². The highest BCUT2D eigenvalue weighted by molar-refractivity contribution is 7.99. The predicted octanol–water partition coefficient (Wildman–Crippen LogP) is 3.35. The Bertz CT molecular complexity index is 513. The van der Waals surface area contributed by atoms with Crippen LogP contribution < -0.4 is 10.6 Å². The van der Waals surface area contributed by atoms with Crippen LogP contribution in [0.2, 0.25) is 0 Å². The largest absolute Gasteiger partial charge is 0.356 e. The van der Waals surface area contributed by atoms with E-state index >= 15 is 0 Å². The molecule has 6 heteroatoms. The summed E-state index contributed by atoms with van der Waals surface area (Å²) in [7, 11) is 1.82. The van der Waals surface area contributed by atoms with Gasteiger partial charge in [0, 0.05) is 43.4 Å². The molecule has 2 rings (SSSR count). The van der Waals surface area contributed by atoms with Gasteiger partial charge < -0.3 is 15.5 Å². The molecule has 1 fully saturated rings. The number of nitrogens with zero attached hydrogens (tertiary/aromatic N) is 2. The van der Waals surface area contributed by atoms with Gasteiger partial charge in [-0.25, -0.2) is 4.39 Å². The minimum absolute atomic E-state index is 0.187. The summed E-state index contributed by atoms with van der Waals surface area (Å²) in [5.41, 5.74) is 0. The van der Waals surface area contributed by atoms with E-state index < -0.39 is 0 Å². The molecule has 0 radical (unpaired) electrons. The van der Waals surface area contributed by atoms with Gasteiger partial charge in [-0.2, -0.15) is 0 Å². The molecule has 0 amide bonds. The monoisotopic (exact) mass is 366 g/mol. The lowest BCUT2D eigenvalue weighted by molar-refractivity contribution is 0.203. The van der Waals surface area contributed by atoms with Crippen molar-refractivity contribution in [3.05, 3.63) is 30.1 Å². The maximum absolute atomic E-state index is 12.9. The Morgan fingerprint density at radius 3 is 2.64 bits per heavy atom. The molecule has 1 aromatic rings. The fourth-order valence-corrected chi connectivity index (χ4v) is 3.71. The van der Waals surface area contributed by atoms with Crippen molar-refractivity contribution < 1.29 is 4.39 Å². The maximum atomic E-state index is 12.9. The summed E-state index contributed by atoms with van der Waals surface area (Å²) < 4.78 is 12.9. The van der Waals surface area contributed by atoms with Crippen LogP contribution in [0.5, 0.6) is 0 Å². The zero-order valence-corrected chi connectivity index (χ0v) is 16.2. The number of hydrogen-bond donors (Lipinski definition) is 2. The summed E-state index contributed by atoms with van der Waals surface area (Å²) in [5.74, 6) is 1.61. The Hall–Kier alpha value is -1.27. The van der Waals surface area contributed by atoms with Crippen LogP contribution in [0.25, 0.3) is 0 Å². The minimum Gasteiger partial charge on any atom is -0.356 e. The number of unbranched alkanes of at least 4 members (excludes halogenated alkanes) is 1. The van der Waals surface area contributed by atoms with Gasteiger partial charge in [-0.15, -0.1) is 11.8 Å². The Balaban J connectivity index is 1.61. The fraction of sp³-hybridized carbons (Fsp3) is 0.632. The normalized spacial score (nSPS) is 16.8. The van der Waals surface area contributed by atoms with Gasteiger partial charge in [0.15, 0.2) is 5.96 Å². The fourth-order valence-electron chi connectivity index (χ4n) is 2.94. The van der Waals surface area contributed by atoms with Gasteiger partial charge in [0.05, 0.1) is 0 Å². The van der Waals surface area contributed by atoms with Crippen molar-refractivity contribution >= 4 is 17.7 Å². The third-order valence-electron chi connectivity index (χ3n) is 4.46. The van der Waals surface area contributed by atoms with E-state index in [-0.39, 0.29) is 5.82 Å². The van der Waals surface area contributed by atoms with E-state index in [1.165, 1.54) is 57.5 Å². The average molecular weight is 367 g/mol. The predicted molar refractivity (Wildman–Crippen MR) is 106 cm³/mol. The van der Waals surface area contributed by atoms with Gasteiger partial charge >= 0.3 is 0 Å². The molecular formula is C19H31FN4S. The quantitative estimate of drug-likeness (QED) is 0.320. The number of benzene rings is 1. The highest BCUT2D eigenvalue weighted by Crippen LogP contribution is 2.17. The summed E-state index contributed by atoms with van der Waals surface area (Å²) >= 11 is 1.72. The van der Waals surface area contributed by atoms with E-state index in [1.54, 1.807) is 11.8 Å². The third kappa shape index (κ3) is 7.65. The average Bonchev–Trinajstić information content (AvgIpc) is 2.65. The number of guanidine groups is 1. The van der Waals surface area contributed by atoms with Crippen LogP contribution in [0, 0.1) is 5.82 Å². The molecule has 1 saturated heterocycles. The molecule has 1 aliphatic heterocycles. The lowest BCUT2D eigenvalue weighted by atomic mass is 10.0.